The van der Waals surface area contributed by atoms with Gasteiger partial charge in [0.15, 0.2) is 5.16 Å². The zero-order valence-corrected chi connectivity index (χ0v) is 17.1. The number of nitrogens with zero attached hydrogens (tertiary/aromatic N) is 5. The molecule has 0 unspecified atom stereocenters. The Hall–Kier alpha value is -2.94. The van der Waals surface area contributed by atoms with Crippen molar-refractivity contribution in [3.8, 4) is 0 Å². The summed E-state index contributed by atoms with van der Waals surface area (Å²) in [5.41, 5.74) is 3.64. The molecule has 28 heavy (non-hydrogen) atoms. The number of benzene rings is 1. The van der Waals surface area contributed by atoms with E-state index >= 15 is 0 Å². The average Bonchev–Trinajstić information content (AvgIpc) is 3.04. The van der Waals surface area contributed by atoms with Crippen LogP contribution in [0.15, 0.2) is 35.5 Å². The molecule has 1 N–H and O–H groups in total. The molecule has 0 bridgehead atoms. The number of carbonyl (C=O) groups is 2. The lowest BCUT2D eigenvalue weighted by atomic mass is 10.2. The molecule has 2 amide bonds. The number of aromatic nitrogens is 4. The maximum atomic E-state index is 12.4. The summed E-state index contributed by atoms with van der Waals surface area (Å²) >= 11 is 1.27. The Kier molecular flexibility index (Phi) is 5.93. The lowest BCUT2D eigenvalue weighted by Crippen LogP contribution is -2.36. The van der Waals surface area contributed by atoms with E-state index < -0.39 is 0 Å². The summed E-state index contributed by atoms with van der Waals surface area (Å²) in [5, 5.41) is 11.6. The Morgan fingerprint density at radius 3 is 2.57 bits per heavy atom. The molecule has 8 nitrogen and oxygen atoms in total. The van der Waals surface area contributed by atoms with Gasteiger partial charge in [-0.3, -0.25) is 14.0 Å². The minimum Gasteiger partial charge on any atom is -0.336 e. The molecular weight excluding hydrogens is 376 g/mol. The van der Waals surface area contributed by atoms with Crippen LogP contribution in [0.5, 0.6) is 0 Å². The summed E-state index contributed by atoms with van der Waals surface area (Å²) in [7, 11) is 1.61. The summed E-state index contributed by atoms with van der Waals surface area (Å²) in [5.74, 6) is 0.257. The number of hydrogen-bond acceptors (Lipinski definition) is 6. The molecule has 3 aromatic rings. The van der Waals surface area contributed by atoms with E-state index in [0.717, 1.165) is 17.0 Å². The first-order valence-electron chi connectivity index (χ1n) is 8.76. The zero-order chi connectivity index (χ0) is 20.3. The molecule has 0 aliphatic heterocycles. The van der Waals surface area contributed by atoms with E-state index in [2.05, 4.69) is 20.5 Å². The van der Waals surface area contributed by atoms with Crippen molar-refractivity contribution in [2.45, 2.75) is 25.9 Å². The third-order valence-electron chi connectivity index (χ3n) is 4.13. The number of thioether (sulfide) groups is 1. The minimum atomic E-state index is -0.242. The monoisotopic (exact) mass is 398 g/mol. The topological polar surface area (TPSA) is 92.5 Å². The van der Waals surface area contributed by atoms with Crippen LogP contribution < -0.4 is 5.32 Å². The van der Waals surface area contributed by atoms with Gasteiger partial charge in [0, 0.05) is 24.1 Å². The smallest absolute Gasteiger partial charge is 0.256 e. The van der Waals surface area contributed by atoms with Gasteiger partial charge < -0.3 is 10.2 Å². The number of hydrogen-bond donors (Lipinski definition) is 1. The van der Waals surface area contributed by atoms with Crippen molar-refractivity contribution in [3.63, 3.8) is 0 Å². The van der Waals surface area contributed by atoms with Gasteiger partial charge in [0.25, 0.3) is 5.78 Å². The molecule has 0 aliphatic carbocycles. The predicted molar refractivity (Wildman–Crippen MR) is 108 cm³/mol. The lowest BCUT2D eigenvalue weighted by Gasteiger charge is -2.16. The van der Waals surface area contributed by atoms with Gasteiger partial charge in [-0.2, -0.15) is 0 Å². The maximum absolute atomic E-state index is 12.4. The van der Waals surface area contributed by atoms with Gasteiger partial charge in [-0.25, -0.2) is 4.98 Å². The van der Waals surface area contributed by atoms with Crippen LogP contribution in [-0.4, -0.2) is 55.6 Å². The predicted octanol–water partition coefficient (Wildman–Crippen LogP) is 2.24. The normalized spacial score (nSPS) is 10.9. The van der Waals surface area contributed by atoms with Crippen molar-refractivity contribution in [1.29, 1.82) is 0 Å². The fourth-order valence-electron chi connectivity index (χ4n) is 2.67. The zero-order valence-electron chi connectivity index (χ0n) is 16.3. The second kappa shape index (κ2) is 8.39. The number of nitrogens with one attached hydrogen (secondary N) is 1. The molecule has 0 aliphatic rings. The van der Waals surface area contributed by atoms with Crippen LogP contribution in [0, 0.1) is 20.8 Å². The summed E-state index contributed by atoms with van der Waals surface area (Å²) in [6.45, 7) is 5.80. The van der Waals surface area contributed by atoms with E-state index in [9.17, 15) is 9.59 Å². The van der Waals surface area contributed by atoms with Crippen molar-refractivity contribution in [1.82, 2.24) is 24.5 Å². The standard InChI is InChI=1S/C19H22N6O2S/c1-12-5-7-15(8-6-12)21-16(26)10-24(4)17(27)11-28-19-23-22-18-20-13(2)9-14(3)25(18)19/h5-9H,10-11H2,1-4H3,(H,21,26). The molecule has 1 aromatic carbocycles. The Bertz CT molecular complexity index is 1020. The van der Waals surface area contributed by atoms with Crippen molar-refractivity contribution >= 4 is 35.0 Å². The van der Waals surface area contributed by atoms with E-state index in [1.54, 1.807) is 7.05 Å². The van der Waals surface area contributed by atoms with Crippen LogP contribution in [0.4, 0.5) is 5.69 Å². The number of rotatable bonds is 6. The number of fused-ring (bicyclic) bond motifs is 1. The van der Waals surface area contributed by atoms with Gasteiger partial charge in [0.1, 0.15) is 0 Å². The molecule has 0 saturated heterocycles. The molecule has 0 saturated carbocycles. The number of aryl methyl sites for hydroxylation is 3. The minimum absolute atomic E-state index is 0.0202. The molecule has 2 aromatic heterocycles. The summed E-state index contributed by atoms with van der Waals surface area (Å²) in [6.07, 6.45) is 0. The van der Waals surface area contributed by atoms with Gasteiger partial charge in [0.05, 0.1) is 12.3 Å². The van der Waals surface area contributed by atoms with Crippen molar-refractivity contribution in [2.75, 3.05) is 24.7 Å². The molecule has 0 atom stereocenters. The molecule has 9 heteroatoms. The van der Waals surface area contributed by atoms with E-state index in [1.807, 2.05) is 55.5 Å². The summed E-state index contributed by atoms with van der Waals surface area (Å²) < 4.78 is 1.81. The van der Waals surface area contributed by atoms with Crippen LogP contribution in [0.25, 0.3) is 5.78 Å². The third kappa shape index (κ3) is 4.66. The Balaban J connectivity index is 1.56. The van der Waals surface area contributed by atoms with E-state index in [4.69, 9.17) is 0 Å². The first-order valence-corrected chi connectivity index (χ1v) is 9.74. The number of carbonyl (C=O) groups excluding carboxylic acids is 2. The van der Waals surface area contributed by atoms with E-state index in [0.29, 0.717) is 16.6 Å². The summed E-state index contributed by atoms with van der Waals surface area (Å²) in [6, 6.07) is 9.44. The fourth-order valence-corrected chi connectivity index (χ4v) is 3.60. The first-order chi connectivity index (χ1) is 13.3. The van der Waals surface area contributed by atoms with Gasteiger partial charge in [0.2, 0.25) is 11.8 Å². The SMILES string of the molecule is Cc1ccc(NC(=O)CN(C)C(=O)CSc2nnc3nc(C)cc(C)n23)cc1. The molecular formula is C19H22N6O2S. The highest BCUT2D eigenvalue weighted by Crippen LogP contribution is 2.19. The average molecular weight is 398 g/mol. The highest BCUT2D eigenvalue weighted by molar-refractivity contribution is 7.99. The van der Waals surface area contributed by atoms with Crippen LogP contribution >= 0.6 is 11.8 Å². The Labute approximate surface area is 167 Å². The second-order valence-corrected chi connectivity index (χ2v) is 7.55. The van der Waals surface area contributed by atoms with Crippen LogP contribution in [-0.2, 0) is 9.59 Å². The Morgan fingerprint density at radius 1 is 1.14 bits per heavy atom. The Morgan fingerprint density at radius 2 is 1.86 bits per heavy atom. The molecule has 0 fully saturated rings. The number of anilines is 1. The highest BCUT2D eigenvalue weighted by atomic mass is 32.2. The molecule has 0 spiro atoms. The lowest BCUT2D eigenvalue weighted by molar-refractivity contribution is -0.131. The fraction of sp³-hybridized carbons (Fsp3) is 0.316. The van der Waals surface area contributed by atoms with Crippen LogP contribution in [0.3, 0.4) is 0 Å². The van der Waals surface area contributed by atoms with Crippen molar-refractivity contribution < 1.29 is 9.59 Å². The third-order valence-corrected chi connectivity index (χ3v) is 5.04. The van der Waals surface area contributed by atoms with Gasteiger partial charge in [-0.05, 0) is 39.0 Å². The van der Waals surface area contributed by atoms with E-state index in [1.165, 1.54) is 16.7 Å². The van der Waals surface area contributed by atoms with Gasteiger partial charge in [-0.15, -0.1) is 10.2 Å². The maximum Gasteiger partial charge on any atom is 0.256 e. The van der Waals surface area contributed by atoms with Gasteiger partial charge in [-0.1, -0.05) is 29.5 Å². The largest absolute Gasteiger partial charge is 0.336 e. The van der Waals surface area contributed by atoms with Crippen LogP contribution in [0.2, 0.25) is 0 Å². The van der Waals surface area contributed by atoms with Crippen molar-refractivity contribution in [3.05, 3.63) is 47.3 Å². The second-order valence-electron chi connectivity index (χ2n) is 6.61. The molecule has 0 radical (unpaired) electrons. The molecule has 3 rings (SSSR count). The number of likely N-dealkylation sites (N-methyl/N-ethyl adjacent to an activating group) is 1. The van der Waals surface area contributed by atoms with Crippen molar-refractivity contribution in [2.24, 2.45) is 0 Å². The molecule has 2 heterocycles. The van der Waals surface area contributed by atoms with Crippen LogP contribution in [0.1, 0.15) is 17.0 Å². The number of amides is 2. The highest BCUT2D eigenvalue weighted by Gasteiger charge is 2.16. The quantitative estimate of drug-likeness (QED) is 0.640. The molecule has 146 valence electrons. The summed E-state index contributed by atoms with van der Waals surface area (Å²) in [4.78, 5) is 30.3. The van der Waals surface area contributed by atoms with Gasteiger partial charge >= 0.3 is 0 Å². The first kappa shape index (κ1) is 19.8. The van der Waals surface area contributed by atoms with E-state index in [-0.39, 0.29) is 24.1 Å².